The SMILES string of the molecule is Oc1cccc(Cc2nc(C3CCCS3)no2)c1. The smallest absolute Gasteiger partial charge is 0.231 e. The second-order valence-corrected chi connectivity index (χ2v) is 5.71. The highest BCUT2D eigenvalue weighted by molar-refractivity contribution is 7.99. The number of rotatable bonds is 3. The van der Waals surface area contributed by atoms with Gasteiger partial charge in [0.2, 0.25) is 5.89 Å². The first-order valence-electron chi connectivity index (χ1n) is 6.03. The molecule has 1 saturated heterocycles. The molecule has 1 aromatic carbocycles. The maximum Gasteiger partial charge on any atom is 0.231 e. The molecule has 94 valence electrons. The summed E-state index contributed by atoms with van der Waals surface area (Å²) >= 11 is 1.89. The van der Waals surface area contributed by atoms with E-state index in [9.17, 15) is 5.11 Å². The molecule has 0 saturated carbocycles. The molecule has 5 heteroatoms. The average Bonchev–Trinajstić information content (AvgIpc) is 2.98. The van der Waals surface area contributed by atoms with Crippen LogP contribution in [-0.2, 0) is 6.42 Å². The summed E-state index contributed by atoms with van der Waals surface area (Å²) in [5, 5.41) is 13.8. The highest BCUT2D eigenvalue weighted by Gasteiger charge is 2.22. The van der Waals surface area contributed by atoms with Crippen LogP contribution in [0.3, 0.4) is 0 Å². The molecule has 1 aliphatic heterocycles. The molecule has 3 rings (SSSR count). The average molecular weight is 262 g/mol. The van der Waals surface area contributed by atoms with Crippen molar-refractivity contribution in [1.29, 1.82) is 0 Å². The van der Waals surface area contributed by atoms with Crippen LogP contribution in [0.2, 0.25) is 0 Å². The van der Waals surface area contributed by atoms with E-state index in [0.29, 0.717) is 17.6 Å². The predicted octanol–water partition coefficient (Wildman–Crippen LogP) is 2.93. The van der Waals surface area contributed by atoms with E-state index in [0.717, 1.165) is 17.8 Å². The lowest BCUT2D eigenvalue weighted by Gasteiger charge is -1.99. The van der Waals surface area contributed by atoms with Gasteiger partial charge >= 0.3 is 0 Å². The number of phenols is 1. The van der Waals surface area contributed by atoms with Crippen LogP contribution in [0.4, 0.5) is 0 Å². The summed E-state index contributed by atoms with van der Waals surface area (Å²) in [7, 11) is 0. The van der Waals surface area contributed by atoms with Crippen LogP contribution in [0.25, 0.3) is 0 Å². The number of hydrogen-bond donors (Lipinski definition) is 1. The Hall–Kier alpha value is -1.49. The Morgan fingerprint density at radius 2 is 2.39 bits per heavy atom. The Morgan fingerprint density at radius 3 is 3.17 bits per heavy atom. The molecule has 1 N–H and O–H groups in total. The number of nitrogens with zero attached hydrogens (tertiary/aromatic N) is 2. The second kappa shape index (κ2) is 5.02. The Morgan fingerprint density at radius 1 is 1.44 bits per heavy atom. The number of phenolic OH excluding ortho intramolecular Hbond substituents is 1. The van der Waals surface area contributed by atoms with Crippen LogP contribution >= 0.6 is 11.8 Å². The fourth-order valence-corrected chi connectivity index (χ4v) is 3.29. The molecule has 2 heterocycles. The lowest BCUT2D eigenvalue weighted by Crippen LogP contribution is -1.93. The van der Waals surface area contributed by atoms with Crippen molar-refractivity contribution in [2.24, 2.45) is 0 Å². The first kappa shape index (κ1) is 11.6. The van der Waals surface area contributed by atoms with Crippen molar-refractivity contribution in [2.75, 3.05) is 5.75 Å². The molecule has 0 bridgehead atoms. The number of thioether (sulfide) groups is 1. The lowest BCUT2D eigenvalue weighted by atomic mass is 10.1. The van der Waals surface area contributed by atoms with Crippen molar-refractivity contribution in [3.05, 3.63) is 41.5 Å². The van der Waals surface area contributed by atoms with E-state index < -0.39 is 0 Å². The van der Waals surface area contributed by atoms with E-state index in [-0.39, 0.29) is 5.75 Å². The third-order valence-electron chi connectivity index (χ3n) is 2.97. The van der Waals surface area contributed by atoms with E-state index in [4.69, 9.17) is 4.52 Å². The minimum atomic E-state index is 0.263. The van der Waals surface area contributed by atoms with Gasteiger partial charge in [-0.15, -0.1) is 0 Å². The van der Waals surface area contributed by atoms with Crippen molar-refractivity contribution < 1.29 is 9.63 Å². The summed E-state index contributed by atoms with van der Waals surface area (Å²) in [5.74, 6) is 2.87. The van der Waals surface area contributed by atoms with Crippen molar-refractivity contribution in [3.63, 3.8) is 0 Å². The van der Waals surface area contributed by atoms with Gasteiger partial charge in [0.1, 0.15) is 5.75 Å². The molecular weight excluding hydrogens is 248 g/mol. The fraction of sp³-hybridized carbons (Fsp3) is 0.385. The highest BCUT2D eigenvalue weighted by Crippen LogP contribution is 2.38. The number of hydrogen-bond acceptors (Lipinski definition) is 5. The second-order valence-electron chi connectivity index (χ2n) is 4.39. The molecule has 1 unspecified atom stereocenters. The maximum absolute atomic E-state index is 9.40. The third kappa shape index (κ3) is 2.51. The summed E-state index contributed by atoms with van der Waals surface area (Å²) in [4.78, 5) is 4.44. The first-order chi connectivity index (χ1) is 8.81. The fourth-order valence-electron chi connectivity index (χ4n) is 2.09. The van der Waals surface area contributed by atoms with Crippen LogP contribution in [0.5, 0.6) is 5.75 Å². The van der Waals surface area contributed by atoms with Crippen molar-refractivity contribution in [1.82, 2.24) is 10.1 Å². The molecule has 0 amide bonds. The quantitative estimate of drug-likeness (QED) is 0.921. The van der Waals surface area contributed by atoms with Crippen molar-refractivity contribution in [2.45, 2.75) is 24.5 Å². The number of aromatic hydroxyl groups is 1. The van der Waals surface area contributed by atoms with Gasteiger partial charge in [0.25, 0.3) is 0 Å². The van der Waals surface area contributed by atoms with Crippen molar-refractivity contribution >= 4 is 11.8 Å². The monoisotopic (exact) mass is 262 g/mol. The van der Waals surface area contributed by atoms with E-state index in [1.807, 2.05) is 23.9 Å². The first-order valence-corrected chi connectivity index (χ1v) is 7.08. The van der Waals surface area contributed by atoms with Gasteiger partial charge in [-0.25, -0.2) is 0 Å². The van der Waals surface area contributed by atoms with Gasteiger partial charge in [-0.2, -0.15) is 16.7 Å². The molecular formula is C13H14N2O2S. The van der Waals surface area contributed by atoms with E-state index >= 15 is 0 Å². The molecule has 1 atom stereocenters. The molecule has 0 aliphatic carbocycles. The van der Waals surface area contributed by atoms with Gasteiger partial charge in [0.15, 0.2) is 5.82 Å². The predicted molar refractivity (Wildman–Crippen MR) is 69.6 cm³/mol. The van der Waals surface area contributed by atoms with E-state index in [2.05, 4.69) is 10.1 Å². The summed E-state index contributed by atoms with van der Waals surface area (Å²) in [6.45, 7) is 0. The third-order valence-corrected chi connectivity index (χ3v) is 4.34. The highest BCUT2D eigenvalue weighted by atomic mass is 32.2. The summed E-state index contributed by atoms with van der Waals surface area (Å²) < 4.78 is 5.26. The van der Waals surface area contributed by atoms with Crippen LogP contribution in [0.15, 0.2) is 28.8 Å². The Kier molecular flexibility index (Phi) is 3.23. The summed E-state index contributed by atoms with van der Waals surface area (Å²) in [6, 6.07) is 7.12. The summed E-state index contributed by atoms with van der Waals surface area (Å²) in [5.41, 5.74) is 0.976. The van der Waals surface area contributed by atoms with Crippen LogP contribution in [0.1, 0.15) is 35.4 Å². The standard InChI is InChI=1S/C13H14N2O2S/c16-10-4-1-3-9(7-10)8-12-14-13(15-17-12)11-5-2-6-18-11/h1,3-4,7,11,16H,2,5-6,8H2. The maximum atomic E-state index is 9.40. The van der Waals surface area contributed by atoms with Crippen LogP contribution in [0, 0.1) is 0 Å². The van der Waals surface area contributed by atoms with Gasteiger partial charge in [0, 0.05) is 0 Å². The zero-order valence-electron chi connectivity index (χ0n) is 9.87. The molecule has 18 heavy (non-hydrogen) atoms. The molecule has 0 spiro atoms. The largest absolute Gasteiger partial charge is 0.508 e. The Balaban J connectivity index is 1.73. The molecule has 1 aliphatic rings. The summed E-state index contributed by atoms with van der Waals surface area (Å²) in [6.07, 6.45) is 2.93. The topological polar surface area (TPSA) is 59.2 Å². The Labute approximate surface area is 109 Å². The minimum absolute atomic E-state index is 0.263. The molecule has 0 radical (unpaired) electrons. The van der Waals surface area contributed by atoms with Crippen LogP contribution in [-0.4, -0.2) is 21.0 Å². The van der Waals surface area contributed by atoms with E-state index in [1.54, 1.807) is 12.1 Å². The zero-order chi connectivity index (χ0) is 12.4. The van der Waals surface area contributed by atoms with E-state index in [1.165, 1.54) is 12.2 Å². The van der Waals surface area contributed by atoms with Gasteiger partial charge in [-0.3, -0.25) is 0 Å². The van der Waals surface area contributed by atoms with Crippen LogP contribution < -0.4 is 0 Å². The normalized spacial score (nSPS) is 19.2. The zero-order valence-corrected chi connectivity index (χ0v) is 10.7. The van der Waals surface area contributed by atoms with Gasteiger partial charge in [0.05, 0.1) is 11.7 Å². The Bertz CT molecular complexity index is 535. The van der Waals surface area contributed by atoms with Gasteiger partial charge in [-0.1, -0.05) is 17.3 Å². The molecule has 4 nitrogen and oxygen atoms in total. The number of aromatic nitrogens is 2. The number of benzene rings is 1. The minimum Gasteiger partial charge on any atom is -0.508 e. The van der Waals surface area contributed by atoms with Gasteiger partial charge in [-0.05, 0) is 36.3 Å². The lowest BCUT2D eigenvalue weighted by molar-refractivity contribution is 0.378. The van der Waals surface area contributed by atoms with Gasteiger partial charge < -0.3 is 9.63 Å². The van der Waals surface area contributed by atoms with Crippen molar-refractivity contribution in [3.8, 4) is 5.75 Å². The molecule has 1 aromatic heterocycles. The molecule has 1 fully saturated rings. The molecule has 2 aromatic rings.